The molecule has 0 atom stereocenters. The lowest BCUT2D eigenvalue weighted by atomic mass is 10.2. The van der Waals surface area contributed by atoms with Crippen LogP contribution < -0.4 is 10.6 Å². The third kappa shape index (κ3) is 5.69. The topological polar surface area (TPSA) is 53.7 Å². The molecule has 2 aromatic heterocycles. The molecule has 2 N–H and O–H groups in total. The van der Waals surface area contributed by atoms with Crippen molar-refractivity contribution in [1.29, 1.82) is 0 Å². The van der Waals surface area contributed by atoms with E-state index < -0.39 is 0 Å². The van der Waals surface area contributed by atoms with Crippen molar-refractivity contribution in [2.45, 2.75) is 19.9 Å². The number of hydrogen-bond donors (Lipinski definition) is 2. The second-order valence-electron chi connectivity index (χ2n) is 5.70. The van der Waals surface area contributed by atoms with E-state index >= 15 is 0 Å². The van der Waals surface area contributed by atoms with Crippen molar-refractivity contribution < 1.29 is 4.39 Å². The third-order valence-electron chi connectivity index (χ3n) is 3.76. The molecule has 3 rings (SSSR count). The van der Waals surface area contributed by atoms with Crippen molar-refractivity contribution in [3.63, 3.8) is 0 Å². The number of fused-ring (bicyclic) bond motifs is 1. The van der Waals surface area contributed by atoms with Crippen LogP contribution in [-0.4, -0.2) is 28.4 Å². The van der Waals surface area contributed by atoms with Crippen LogP contribution in [0.1, 0.15) is 18.2 Å². The maximum Gasteiger partial charge on any atom is 0.191 e. The number of pyridine rings is 1. The Morgan fingerprint density at radius 2 is 1.96 bits per heavy atom. The monoisotopic (exact) mass is 467 g/mol. The second kappa shape index (κ2) is 10.1. The van der Waals surface area contributed by atoms with E-state index in [4.69, 9.17) is 0 Å². The van der Waals surface area contributed by atoms with E-state index in [2.05, 4.69) is 20.6 Å². The summed E-state index contributed by atoms with van der Waals surface area (Å²) in [6.45, 7) is 4.05. The number of aliphatic imine (C=N–C) groups is 1. The molecule has 0 fully saturated rings. The zero-order valence-electron chi connectivity index (χ0n) is 14.7. The van der Waals surface area contributed by atoms with Crippen molar-refractivity contribution in [2.24, 2.45) is 4.99 Å². The van der Waals surface area contributed by atoms with Crippen molar-refractivity contribution in [2.75, 3.05) is 13.1 Å². The molecule has 5 nitrogen and oxygen atoms in total. The van der Waals surface area contributed by atoms with Crippen LogP contribution in [-0.2, 0) is 13.0 Å². The maximum atomic E-state index is 12.9. The van der Waals surface area contributed by atoms with E-state index in [0.29, 0.717) is 6.54 Å². The minimum absolute atomic E-state index is 0. The SMILES string of the molecule is CCNC(=NCc1ccc(F)cc1)NCCc1cn2ccccc2n1.I. The van der Waals surface area contributed by atoms with Gasteiger partial charge >= 0.3 is 0 Å². The third-order valence-corrected chi connectivity index (χ3v) is 3.76. The van der Waals surface area contributed by atoms with Gasteiger partial charge in [-0.2, -0.15) is 0 Å². The number of benzene rings is 1. The molecule has 0 spiro atoms. The Balaban J connectivity index is 0.00000243. The number of guanidine groups is 1. The van der Waals surface area contributed by atoms with Crippen LogP contribution in [0.25, 0.3) is 5.65 Å². The number of nitrogens with one attached hydrogen (secondary N) is 2. The lowest BCUT2D eigenvalue weighted by Gasteiger charge is -2.10. The Bertz CT molecular complexity index is 812. The normalized spacial score (nSPS) is 11.2. The van der Waals surface area contributed by atoms with Crippen molar-refractivity contribution in [3.05, 3.63) is 71.9 Å². The summed E-state index contributed by atoms with van der Waals surface area (Å²) in [4.78, 5) is 9.12. The van der Waals surface area contributed by atoms with E-state index in [0.717, 1.165) is 42.4 Å². The van der Waals surface area contributed by atoms with Crippen molar-refractivity contribution in [3.8, 4) is 0 Å². The first-order valence-electron chi connectivity index (χ1n) is 8.44. The Morgan fingerprint density at radius 1 is 1.15 bits per heavy atom. The maximum absolute atomic E-state index is 12.9. The smallest absolute Gasteiger partial charge is 0.191 e. The summed E-state index contributed by atoms with van der Waals surface area (Å²) in [6.07, 6.45) is 4.84. The fraction of sp³-hybridized carbons (Fsp3) is 0.263. The molecule has 0 saturated heterocycles. The van der Waals surface area contributed by atoms with Gasteiger partial charge in [0.05, 0.1) is 12.2 Å². The van der Waals surface area contributed by atoms with Crippen molar-refractivity contribution in [1.82, 2.24) is 20.0 Å². The molecule has 0 radical (unpaired) electrons. The van der Waals surface area contributed by atoms with Crippen LogP contribution in [0, 0.1) is 5.82 Å². The predicted octanol–water partition coefficient (Wildman–Crippen LogP) is 3.39. The first-order valence-corrected chi connectivity index (χ1v) is 8.44. The van der Waals surface area contributed by atoms with E-state index in [1.165, 1.54) is 12.1 Å². The Labute approximate surface area is 169 Å². The second-order valence-corrected chi connectivity index (χ2v) is 5.70. The van der Waals surface area contributed by atoms with E-state index in [9.17, 15) is 4.39 Å². The highest BCUT2D eigenvalue weighted by Crippen LogP contribution is 2.05. The standard InChI is InChI=1S/C19H22FN5.HI/c1-2-21-19(23-13-15-6-8-16(20)9-7-15)22-11-10-17-14-25-12-4-3-5-18(25)24-17;/h3-9,12,14H,2,10-11,13H2,1H3,(H2,21,22,23);1H. The summed E-state index contributed by atoms with van der Waals surface area (Å²) in [6, 6.07) is 12.4. The Kier molecular flexibility index (Phi) is 7.83. The minimum atomic E-state index is -0.231. The molecule has 0 aliphatic rings. The van der Waals surface area contributed by atoms with Crippen LogP contribution in [0.3, 0.4) is 0 Å². The number of halogens is 2. The molecule has 138 valence electrons. The van der Waals surface area contributed by atoms with E-state index in [1.54, 1.807) is 12.1 Å². The zero-order chi connectivity index (χ0) is 17.5. The van der Waals surface area contributed by atoms with Gasteiger partial charge in [0, 0.05) is 31.9 Å². The summed E-state index contributed by atoms with van der Waals surface area (Å²) in [5.74, 6) is 0.515. The van der Waals surface area contributed by atoms with Gasteiger partial charge in [-0.25, -0.2) is 14.4 Å². The minimum Gasteiger partial charge on any atom is -0.357 e. The molecule has 0 amide bonds. The molecule has 0 bridgehead atoms. The van der Waals surface area contributed by atoms with Gasteiger partial charge in [-0.05, 0) is 36.8 Å². The summed E-state index contributed by atoms with van der Waals surface area (Å²) < 4.78 is 15.0. The predicted molar refractivity (Wildman–Crippen MR) is 114 cm³/mol. The summed E-state index contributed by atoms with van der Waals surface area (Å²) >= 11 is 0. The number of nitrogens with zero attached hydrogens (tertiary/aromatic N) is 3. The summed E-state index contributed by atoms with van der Waals surface area (Å²) in [7, 11) is 0. The van der Waals surface area contributed by atoms with Gasteiger partial charge in [0.2, 0.25) is 0 Å². The van der Waals surface area contributed by atoms with E-state index in [-0.39, 0.29) is 29.8 Å². The van der Waals surface area contributed by atoms with Gasteiger partial charge in [0.25, 0.3) is 0 Å². The average Bonchev–Trinajstić information content (AvgIpc) is 3.04. The largest absolute Gasteiger partial charge is 0.357 e. The molecule has 1 aromatic carbocycles. The molecular formula is C19H23FIN5. The van der Waals surface area contributed by atoms with E-state index in [1.807, 2.05) is 41.9 Å². The highest BCUT2D eigenvalue weighted by Gasteiger charge is 2.02. The number of aromatic nitrogens is 2. The van der Waals surface area contributed by atoms with Gasteiger partial charge in [0.15, 0.2) is 5.96 Å². The molecule has 0 saturated carbocycles. The highest BCUT2D eigenvalue weighted by atomic mass is 127. The Hall–Kier alpha value is -2.16. The summed E-state index contributed by atoms with van der Waals surface area (Å²) in [5, 5.41) is 6.53. The number of hydrogen-bond acceptors (Lipinski definition) is 2. The van der Waals surface area contributed by atoms with Crippen LogP contribution in [0.2, 0.25) is 0 Å². The summed E-state index contributed by atoms with van der Waals surface area (Å²) in [5.41, 5.74) is 2.96. The molecule has 0 aliphatic heterocycles. The number of rotatable bonds is 6. The van der Waals surface area contributed by atoms with Gasteiger partial charge in [-0.1, -0.05) is 18.2 Å². The first-order chi connectivity index (χ1) is 12.2. The molecule has 2 heterocycles. The van der Waals surface area contributed by atoms with Crippen LogP contribution in [0.5, 0.6) is 0 Å². The lowest BCUT2D eigenvalue weighted by molar-refractivity contribution is 0.627. The van der Waals surface area contributed by atoms with Gasteiger partial charge < -0.3 is 15.0 Å². The fourth-order valence-corrected chi connectivity index (χ4v) is 2.52. The number of imidazole rings is 1. The van der Waals surface area contributed by atoms with Crippen LogP contribution in [0.15, 0.2) is 59.9 Å². The average molecular weight is 467 g/mol. The molecule has 7 heteroatoms. The Morgan fingerprint density at radius 3 is 2.69 bits per heavy atom. The van der Waals surface area contributed by atoms with Crippen LogP contribution in [0.4, 0.5) is 4.39 Å². The highest BCUT2D eigenvalue weighted by molar-refractivity contribution is 14.0. The molecule has 0 aliphatic carbocycles. The van der Waals surface area contributed by atoms with Gasteiger partial charge in [-0.3, -0.25) is 0 Å². The quantitative estimate of drug-likeness (QED) is 0.332. The molecule has 0 unspecified atom stereocenters. The van der Waals surface area contributed by atoms with Crippen LogP contribution >= 0.6 is 24.0 Å². The molecular weight excluding hydrogens is 444 g/mol. The molecule has 3 aromatic rings. The lowest BCUT2D eigenvalue weighted by Crippen LogP contribution is -2.38. The first kappa shape index (κ1) is 20.2. The van der Waals surface area contributed by atoms with Crippen molar-refractivity contribution >= 4 is 35.6 Å². The fourth-order valence-electron chi connectivity index (χ4n) is 2.52. The van der Waals surface area contributed by atoms with Gasteiger partial charge in [-0.15, -0.1) is 24.0 Å². The molecule has 26 heavy (non-hydrogen) atoms. The van der Waals surface area contributed by atoms with Gasteiger partial charge in [0.1, 0.15) is 11.5 Å². The zero-order valence-corrected chi connectivity index (χ0v) is 17.0.